The molecule has 0 fully saturated rings. The van der Waals surface area contributed by atoms with Crippen LogP contribution in [0.2, 0.25) is 0 Å². The number of esters is 1. The minimum absolute atomic E-state index is 0.0924. The first-order chi connectivity index (χ1) is 8.01. The smallest absolute Gasteiger partial charge is 0.345 e. The first-order valence-corrected chi connectivity index (χ1v) is 5.83. The van der Waals surface area contributed by atoms with Crippen molar-refractivity contribution in [1.29, 1.82) is 0 Å². The van der Waals surface area contributed by atoms with Gasteiger partial charge in [-0.2, -0.15) is 0 Å². The molecule has 0 aliphatic heterocycles. The summed E-state index contributed by atoms with van der Waals surface area (Å²) >= 11 is 3.05. The van der Waals surface area contributed by atoms with Gasteiger partial charge in [-0.3, -0.25) is 10.1 Å². The van der Waals surface area contributed by atoms with Crippen molar-refractivity contribution in [2.75, 3.05) is 6.61 Å². The average Bonchev–Trinajstić information content (AvgIpc) is 2.27. The highest BCUT2D eigenvalue weighted by molar-refractivity contribution is 9.08. The molecule has 0 aliphatic carbocycles. The van der Waals surface area contributed by atoms with Crippen LogP contribution in [0.25, 0.3) is 0 Å². The number of nitrogens with zero attached hydrogens (tertiary/aromatic N) is 1. The second kappa shape index (κ2) is 5.72. The Kier molecular flexibility index (Phi) is 4.56. The summed E-state index contributed by atoms with van der Waals surface area (Å²) in [6, 6.07) is 1.77. The molecule has 0 N–H and O–H groups in total. The maximum Gasteiger partial charge on any atom is 0.345 e. The predicted octanol–water partition coefficient (Wildman–Crippen LogP) is 2.81. The summed E-state index contributed by atoms with van der Waals surface area (Å²) < 4.78 is 17.8. The Hall–Kier alpha value is -1.50. The fourth-order valence-electron chi connectivity index (χ4n) is 1.34. The van der Waals surface area contributed by atoms with Crippen LogP contribution >= 0.6 is 15.9 Å². The van der Waals surface area contributed by atoms with Crippen molar-refractivity contribution in [1.82, 2.24) is 0 Å². The first-order valence-electron chi connectivity index (χ1n) is 4.71. The zero-order chi connectivity index (χ0) is 13.0. The van der Waals surface area contributed by atoms with Gasteiger partial charge in [0.05, 0.1) is 17.6 Å². The van der Waals surface area contributed by atoms with Gasteiger partial charge in [0.15, 0.2) is 0 Å². The van der Waals surface area contributed by atoms with Gasteiger partial charge >= 0.3 is 5.97 Å². The molecule has 0 bridgehead atoms. The van der Waals surface area contributed by atoms with Crippen LogP contribution < -0.4 is 0 Å². The Balaban J connectivity index is 3.41. The molecular formula is C10H9BrFNO4. The van der Waals surface area contributed by atoms with Crippen LogP contribution in [0.5, 0.6) is 0 Å². The number of carbonyl (C=O) groups excluding carboxylic acids is 1. The number of rotatable bonds is 4. The summed E-state index contributed by atoms with van der Waals surface area (Å²) in [6.07, 6.45) is 0. The summed E-state index contributed by atoms with van der Waals surface area (Å²) in [6.45, 7) is 1.68. The van der Waals surface area contributed by atoms with E-state index in [1.54, 1.807) is 6.92 Å². The van der Waals surface area contributed by atoms with Gasteiger partial charge < -0.3 is 4.74 Å². The molecule has 5 nitrogen and oxygen atoms in total. The van der Waals surface area contributed by atoms with Gasteiger partial charge in [-0.1, -0.05) is 15.9 Å². The van der Waals surface area contributed by atoms with Crippen molar-refractivity contribution in [3.05, 3.63) is 39.2 Å². The number of halogens is 2. The lowest BCUT2D eigenvalue weighted by Gasteiger charge is -2.07. The summed E-state index contributed by atoms with van der Waals surface area (Å²) in [7, 11) is 0. The molecule has 0 radical (unpaired) electrons. The van der Waals surface area contributed by atoms with E-state index in [0.29, 0.717) is 6.07 Å². The Bertz CT molecular complexity index is 464. The molecule has 1 rings (SSSR count). The van der Waals surface area contributed by atoms with Crippen molar-refractivity contribution in [3.8, 4) is 0 Å². The van der Waals surface area contributed by atoms with Crippen molar-refractivity contribution in [3.63, 3.8) is 0 Å². The zero-order valence-corrected chi connectivity index (χ0v) is 10.5. The number of hydrogen-bond acceptors (Lipinski definition) is 4. The van der Waals surface area contributed by atoms with Crippen LogP contribution in [-0.4, -0.2) is 17.5 Å². The highest BCUT2D eigenvalue weighted by atomic mass is 79.9. The third-order valence-electron chi connectivity index (χ3n) is 1.98. The molecular weight excluding hydrogens is 297 g/mol. The summed E-state index contributed by atoms with van der Waals surface area (Å²) in [4.78, 5) is 21.6. The minimum atomic E-state index is -0.825. The lowest BCUT2D eigenvalue weighted by molar-refractivity contribution is -0.385. The molecule has 0 spiro atoms. The number of ether oxygens (including phenoxy) is 1. The second-order valence-electron chi connectivity index (χ2n) is 3.07. The van der Waals surface area contributed by atoms with E-state index in [0.717, 1.165) is 6.07 Å². The van der Waals surface area contributed by atoms with Crippen LogP contribution in [0.4, 0.5) is 10.1 Å². The van der Waals surface area contributed by atoms with E-state index in [9.17, 15) is 19.3 Å². The molecule has 0 unspecified atom stereocenters. The summed E-state index contributed by atoms with van der Waals surface area (Å²) in [5.74, 6) is -1.59. The number of benzene rings is 1. The van der Waals surface area contributed by atoms with Gasteiger partial charge in [-0.15, -0.1) is 0 Å². The highest BCUT2D eigenvalue weighted by Crippen LogP contribution is 2.26. The number of nitro groups is 1. The molecule has 1 aromatic carbocycles. The Labute approximate surface area is 105 Å². The lowest BCUT2D eigenvalue weighted by Crippen LogP contribution is -2.11. The zero-order valence-electron chi connectivity index (χ0n) is 8.91. The van der Waals surface area contributed by atoms with E-state index in [4.69, 9.17) is 4.74 Å². The number of carbonyl (C=O) groups is 1. The van der Waals surface area contributed by atoms with Gasteiger partial charge in [-0.05, 0) is 18.6 Å². The van der Waals surface area contributed by atoms with Gasteiger partial charge in [-0.25, -0.2) is 9.18 Å². The monoisotopic (exact) mass is 305 g/mol. The lowest BCUT2D eigenvalue weighted by atomic mass is 10.1. The van der Waals surface area contributed by atoms with Crippen LogP contribution in [-0.2, 0) is 10.1 Å². The summed E-state index contributed by atoms with van der Waals surface area (Å²) in [5, 5.41) is 10.9. The standard InChI is InChI=1S/C10H9BrFNO4/c1-2-17-10(14)9-6(5-11)3-7(12)4-8(9)13(15)16/h3-4H,2,5H2,1H3. The minimum Gasteiger partial charge on any atom is -0.462 e. The average molecular weight is 306 g/mol. The van der Waals surface area contributed by atoms with Crippen LogP contribution in [0.1, 0.15) is 22.8 Å². The second-order valence-corrected chi connectivity index (χ2v) is 3.63. The molecule has 0 saturated carbocycles. The molecule has 0 amide bonds. The fourth-order valence-corrected chi connectivity index (χ4v) is 1.78. The SMILES string of the molecule is CCOC(=O)c1c(CBr)cc(F)cc1[N+](=O)[O-]. The third kappa shape index (κ3) is 3.00. The fraction of sp³-hybridized carbons (Fsp3) is 0.300. The molecule has 0 aromatic heterocycles. The van der Waals surface area contributed by atoms with E-state index in [-0.39, 0.29) is 23.1 Å². The molecule has 0 aliphatic rings. The van der Waals surface area contributed by atoms with Crippen molar-refractivity contribution in [2.24, 2.45) is 0 Å². The number of nitro benzene ring substituents is 1. The Morgan fingerprint density at radius 2 is 2.24 bits per heavy atom. The normalized spacial score (nSPS) is 10.1. The molecule has 0 heterocycles. The van der Waals surface area contributed by atoms with Crippen LogP contribution in [0, 0.1) is 15.9 Å². The molecule has 0 atom stereocenters. The van der Waals surface area contributed by atoms with E-state index < -0.39 is 22.4 Å². The topological polar surface area (TPSA) is 69.4 Å². The Morgan fingerprint density at radius 3 is 2.71 bits per heavy atom. The molecule has 92 valence electrons. The van der Waals surface area contributed by atoms with Crippen LogP contribution in [0.3, 0.4) is 0 Å². The molecule has 1 aromatic rings. The number of hydrogen-bond donors (Lipinski definition) is 0. The summed E-state index contributed by atoms with van der Waals surface area (Å²) in [5.41, 5.74) is -0.608. The first kappa shape index (κ1) is 13.6. The maximum absolute atomic E-state index is 13.1. The Morgan fingerprint density at radius 1 is 1.59 bits per heavy atom. The molecule has 17 heavy (non-hydrogen) atoms. The van der Waals surface area contributed by atoms with Gasteiger partial charge in [0, 0.05) is 5.33 Å². The van der Waals surface area contributed by atoms with E-state index in [1.807, 2.05) is 0 Å². The van der Waals surface area contributed by atoms with Crippen LogP contribution in [0.15, 0.2) is 12.1 Å². The van der Waals surface area contributed by atoms with Gasteiger partial charge in [0.1, 0.15) is 11.4 Å². The maximum atomic E-state index is 13.1. The van der Waals surface area contributed by atoms with Crippen molar-refractivity contribution >= 4 is 27.6 Å². The largest absolute Gasteiger partial charge is 0.462 e. The van der Waals surface area contributed by atoms with Crippen molar-refractivity contribution in [2.45, 2.75) is 12.3 Å². The molecule has 0 saturated heterocycles. The van der Waals surface area contributed by atoms with Crippen molar-refractivity contribution < 1.29 is 18.8 Å². The quantitative estimate of drug-likeness (QED) is 0.371. The molecule has 7 heteroatoms. The predicted molar refractivity (Wildman–Crippen MR) is 61.6 cm³/mol. The number of alkyl halides is 1. The third-order valence-corrected chi connectivity index (χ3v) is 2.59. The highest BCUT2D eigenvalue weighted by Gasteiger charge is 2.26. The van der Waals surface area contributed by atoms with E-state index in [2.05, 4.69) is 15.9 Å². The van der Waals surface area contributed by atoms with Gasteiger partial charge in [0.2, 0.25) is 0 Å². The van der Waals surface area contributed by atoms with E-state index >= 15 is 0 Å². The van der Waals surface area contributed by atoms with Gasteiger partial charge in [0.25, 0.3) is 5.69 Å². The van der Waals surface area contributed by atoms with E-state index in [1.165, 1.54) is 0 Å².